The summed E-state index contributed by atoms with van der Waals surface area (Å²) in [5.74, 6) is 0.206. The van der Waals surface area contributed by atoms with Gasteiger partial charge in [0.15, 0.2) is 0 Å². The molecule has 1 rings (SSSR count). The monoisotopic (exact) mass is 320 g/mol. The van der Waals surface area contributed by atoms with Gasteiger partial charge < -0.3 is 10.6 Å². The number of alkyl halides is 3. The minimum Gasteiger partial charge on any atom is -0.385 e. The van der Waals surface area contributed by atoms with E-state index in [-0.39, 0.29) is 17.3 Å². The van der Waals surface area contributed by atoms with Gasteiger partial charge in [0.1, 0.15) is 0 Å². The molecule has 0 spiro atoms. The van der Waals surface area contributed by atoms with Crippen LogP contribution in [-0.4, -0.2) is 30.5 Å². The Hall–Kier alpha value is -1.37. The van der Waals surface area contributed by atoms with Crippen LogP contribution in [0.2, 0.25) is 0 Å². The lowest BCUT2D eigenvalue weighted by atomic mass is 10.1. The number of nitrogens with one attached hydrogen (secondary N) is 2. The molecule has 0 bridgehead atoms. The molecule has 1 amide bonds. The number of hydrogen-bond acceptors (Lipinski definition) is 3. The van der Waals surface area contributed by atoms with E-state index < -0.39 is 17.6 Å². The van der Waals surface area contributed by atoms with E-state index in [0.29, 0.717) is 12.3 Å². The number of carbonyl (C=O) groups is 1. The summed E-state index contributed by atoms with van der Waals surface area (Å²) in [6, 6.07) is 3.48. The van der Waals surface area contributed by atoms with E-state index in [9.17, 15) is 18.0 Å². The number of amides is 1. The number of halogens is 3. The summed E-state index contributed by atoms with van der Waals surface area (Å²) < 4.78 is 39.1. The molecule has 1 atom stereocenters. The average Bonchev–Trinajstić information content (AvgIpc) is 2.38. The Morgan fingerprint density at radius 2 is 2.05 bits per heavy atom. The smallest absolute Gasteiger partial charge is 0.385 e. The molecule has 1 aromatic rings. The first-order chi connectivity index (χ1) is 9.79. The van der Waals surface area contributed by atoms with Gasteiger partial charge in [0, 0.05) is 29.6 Å². The van der Waals surface area contributed by atoms with E-state index in [2.05, 4.69) is 10.6 Å². The molecule has 0 heterocycles. The molecule has 0 aliphatic heterocycles. The van der Waals surface area contributed by atoms with Crippen LogP contribution < -0.4 is 10.6 Å². The third-order valence-corrected chi connectivity index (χ3v) is 3.58. The number of benzene rings is 1. The third-order valence-electron chi connectivity index (χ3n) is 2.75. The number of carbonyl (C=O) groups excluding carboxylic acids is 1. The van der Waals surface area contributed by atoms with Crippen LogP contribution >= 0.6 is 11.8 Å². The molecular weight excluding hydrogens is 301 g/mol. The summed E-state index contributed by atoms with van der Waals surface area (Å²) in [7, 11) is 0. The fraction of sp³-hybridized carbons (Fsp3) is 0.500. The Kier molecular flexibility index (Phi) is 6.39. The maximum atomic E-state index is 13.0. The van der Waals surface area contributed by atoms with Gasteiger partial charge in [0.05, 0.1) is 5.56 Å². The van der Waals surface area contributed by atoms with Crippen LogP contribution in [-0.2, 0) is 6.18 Å². The second-order valence-electron chi connectivity index (χ2n) is 4.62. The molecule has 0 saturated heterocycles. The second-order valence-corrected chi connectivity index (χ2v) is 5.53. The SMILES string of the molecule is CCNc1ccc(C(=O)NC(C)CSC)cc1C(F)(F)F. The van der Waals surface area contributed by atoms with Gasteiger partial charge in [-0.15, -0.1) is 0 Å². The predicted octanol–water partition coefficient (Wildman–Crippen LogP) is 3.62. The minimum atomic E-state index is -4.50. The highest BCUT2D eigenvalue weighted by Gasteiger charge is 2.34. The summed E-state index contributed by atoms with van der Waals surface area (Å²) in [5, 5.41) is 5.33. The van der Waals surface area contributed by atoms with Crippen LogP contribution in [0.3, 0.4) is 0 Å². The van der Waals surface area contributed by atoms with Gasteiger partial charge in [0.25, 0.3) is 5.91 Å². The zero-order valence-corrected chi connectivity index (χ0v) is 13.0. The molecule has 0 radical (unpaired) electrons. The summed E-state index contributed by atoms with van der Waals surface area (Å²) in [5.41, 5.74) is -0.829. The second kappa shape index (κ2) is 7.59. The Balaban J connectivity index is 3.02. The van der Waals surface area contributed by atoms with Crippen LogP contribution in [0.15, 0.2) is 18.2 Å². The van der Waals surface area contributed by atoms with E-state index in [1.54, 1.807) is 18.7 Å². The van der Waals surface area contributed by atoms with Gasteiger partial charge in [-0.3, -0.25) is 4.79 Å². The topological polar surface area (TPSA) is 41.1 Å². The fourth-order valence-corrected chi connectivity index (χ4v) is 2.45. The van der Waals surface area contributed by atoms with Crippen molar-refractivity contribution in [3.63, 3.8) is 0 Å². The Morgan fingerprint density at radius 3 is 2.57 bits per heavy atom. The first kappa shape index (κ1) is 17.7. The van der Waals surface area contributed by atoms with Gasteiger partial charge in [-0.05, 0) is 38.3 Å². The van der Waals surface area contributed by atoms with Crippen molar-refractivity contribution in [3.05, 3.63) is 29.3 Å². The summed E-state index contributed by atoms with van der Waals surface area (Å²) in [6.45, 7) is 3.90. The zero-order chi connectivity index (χ0) is 16.0. The molecule has 1 aromatic carbocycles. The number of thioether (sulfide) groups is 1. The molecule has 118 valence electrons. The van der Waals surface area contributed by atoms with E-state index >= 15 is 0 Å². The van der Waals surface area contributed by atoms with Crippen molar-refractivity contribution in [2.24, 2.45) is 0 Å². The summed E-state index contributed by atoms with van der Waals surface area (Å²) in [4.78, 5) is 12.0. The van der Waals surface area contributed by atoms with Crippen molar-refractivity contribution < 1.29 is 18.0 Å². The molecule has 0 aliphatic rings. The Labute approximate surface area is 126 Å². The maximum Gasteiger partial charge on any atom is 0.418 e. The zero-order valence-electron chi connectivity index (χ0n) is 12.2. The average molecular weight is 320 g/mol. The summed E-state index contributed by atoms with van der Waals surface area (Å²) >= 11 is 1.56. The molecule has 2 N–H and O–H groups in total. The Bertz CT molecular complexity index is 492. The number of rotatable bonds is 6. The third kappa shape index (κ3) is 5.15. The largest absolute Gasteiger partial charge is 0.418 e. The van der Waals surface area contributed by atoms with Crippen molar-refractivity contribution in [1.82, 2.24) is 5.32 Å². The predicted molar refractivity (Wildman–Crippen MR) is 80.9 cm³/mol. The van der Waals surface area contributed by atoms with Gasteiger partial charge >= 0.3 is 6.18 Å². The molecule has 21 heavy (non-hydrogen) atoms. The van der Waals surface area contributed by atoms with Crippen LogP contribution in [0.25, 0.3) is 0 Å². The van der Waals surface area contributed by atoms with Crippen molar-refractivity contribution in [1.29, 1.82) is 0 Å². The quantitative estimate of drug-likeness (QED) is 0.841. The lowest BCUT2D eigenvalue weighted by Gasteiger charge is -2.16. The van der Waals surface area contributed by atoms with Crippen molar-refractivity contribution in [2.45, 2.75) is 26.1 Å². The molecule has 3 nitrogen and oxygen atoms in total. The van der Waals surface area contributed by atoms with E-state index in [4.69, 9.17) is 0 Å². The van der Waals surface area contributed by atoms with Crippen LogP contribution in [0.1, 0.15) is 29.8 Å². The van der Waals surface area contributed by atoms with Crippen LogP contribution in [0, 0.1) is 0 Å². The molecule has 0 aromatic heterocycles. The van der Waals surface area contributed by atoms with Gasteiger partial charge in [-0.2, -0.15) is 24.9 Å². The molecular formula is C14H19F3N2OS. The highest BCUT2D eigenvalue weighted by atomic mass is 32.2. The first-order valence-electron chi connectivity index (χ1n) is 6.54. The summed E-state index contributed by atoms with van der Waals surface area (Å²) in [6.07, 6.45) is -2.60. The maximum absolute atomic E-state index is 13.0. The number of hydrogen-bond donors (Lipinski definition) is 2. The van der Waals surface area contributed by atoms with Gasteiger partial charge in [-0.1, -0.05) is 0 Å². The molecule has 7 heteroatoms. The first-order valence-corrected chi connectivity index (χ1v) is 7.93. The molecule has 0 fully saturated rings. The van der Waals surface area contributed by atoms with Gasteiger partial charge in [-0.25, -0.2) is 0 Å². The number of anilines is 1. The van der Waals surface area contributed by atoms with Crippen LogP contribution in [0.5, 0.6) is 0 Å². The lowest BCUT2D eigenvalue weighted by Crippen LogP contribution is -2.34. The lowest BCUT2D eigenvalue weighted by molar-refractivity contribution is -0.137. The van der Waals surface area contributed by atoms with Gasteiger partial charge in [0.2, 0.25) is 0 Å². The van der Waals surface area contributed by atoms with E-state index in [1.165, 1.54) is 12.1 Å². The fourth-order valence-electron chi connectivity index (χ4n) is 1.86. The minimum absolute atomic E-state index is 0.0110. The van der Waals surface area contributed by atoms with E-state index in [0.717, 1.165) is 6.07 Å². The standard InChI is InChI=1S/C14H19F3N2OS/c1-4-18-12-6-5-10(7-11(12)14(15,16)17)13(20)19-9(2)8-21-3/h5-7,9,18H,4,8H2,1-3H3,(H,19,20). The van der Waals surface area contributed by atoms with Crippen molar-refractivity contribution in [2.75, 3.05) is 23.9 Å². The highest BCUT2D eigenvalue weighted by molar-refractivity contribution is 7.98. The molecule has 0 saturated carbocycles. The van der Waals surface area contributed by atoms with E-state index in [1.807, 2.05) is 13.2 Å². The molecule has 0 aliphatic carbocycles. The van der Waals surface area contributed by atoms with Crippen molar-refractivity contribution in [3.8, 4) is 0 Å². The van der Waals surface area contributed by atoms with Crippen molar-refractivity contribution >= 4 is 23.4 Å². The normalized spacial score (nSPS) is 12.9. The highest BCUT2D eigenvalue weighted by Crippen LogP contribution is 2.35. The molecule has 1 unspecified atom stereocenters. The Morgan fingerprint density at radius 1 is 1.38 bits per heavy atom. The van der Waals surface area contributed by atoms with Crippen LogP contribution in [0.4, 0.5) is 18.9 Å².